The van der Waals surface area contributed by atoms with Gasteiger partial charge in [-0.3, -0.25) is 0 Å². The molecule has 0 saturated heterocycles. The van der Waals surface area contributed by atoms with Crippen LogP contribution in [0.1, 0.15) is 16.7 Å². The molecule has 5 heteroatoms. The van der Waals surface area contributed by atoms with Crippen LogP contribution in [0.2, 0.25) is 0 Å². The number of hydrogen-bond acceptors (Lipinski definition) is 5. The van der Waals surface area contributed by atoms with E-state index in [2.05, 4.69) is 0 Å². The van der Waals surface area contributed by atoms with Crippen molar-refractivity contribution in [3.63, 3.8) is 0 Å². The zero-order valence-electron chi connectivity index (χ0n) is 24.9. The lowest BCUT2D eigenvalue weighted by atomic mass is 9.96. The fraction of sp³-hybridized carbons (Fsp3) is 0.128. The standard InChI is InChI=1S/C39H34O5/c1-40-35-24-34(39(41-2)33-21-13-12-20-32(33)35)38-36(43-26-29-16-8-4-9-17-29)22-31(42-25-28-14-6-3-7-15-28)23-37(38)44-27-30-18-10-5-11-19-30/h3-24H,25-27H2,1-2H3. The smallest absolute Gasteiger partial charge is 0.135 e. The Morgan fingerprint density at radius 1 is 0.432 bits per heavy atom. The van der Waals surface area contributed by atoms with E-state index in [0.717, 1.165) is 44.3 Å². The van der Waals surface area contributed by atoms with E-state index in [1.165, 1.54) is 0 Å². The minimum Gasteiger partial charge on any atom is -0.496 e. The van der Waals surface area contributed by atoms with Gasteiger partial charge in [-0.05, 0) is 22.8 Å². The first-order valence-electron chi connectivity index (χ1n) is 14.6. The molecule has 0 amide bonds. The number of hydrogen-bond donors (Lipinski definition) is 0. The number of ether oxygens (including phenoxy) is 5. The van der Waals surface area contributed by atoms with Crippen LogP contribution in [-0.4, -0.2) is 14.2 Å². The Bertz CT molecular complexity index is 1750. The Kier molecular flexibility index (Phi) is 8.93. The van der Waals surface area contributed by atoms with Crippen molar-refractivity contribution >= 4 is 10.8 Å². The number of methoxy groups -OCH3 is 2. The van der Waals surface area contributed by atoms with Gasteiger partial charge in [0, 0.05) is 28.5 Å². The number of rotatable bonds is 12. The number of fused-ring (bicyclic) bond motifs is 1. The summed E-state index contributed by atoms with van der Waals surface area (Å²) in [7, 11) is 3.36. The molecule has 44 heavy (non-hydrogen) atoms. The van der Waals surface area contributed by atoms with Crippen molar-refractivity contribution in [2.45, 2.75) is 19.8 Å². The van der Waals surface area contributed by atoms with Crippen LogP contribution in [0.15, 0.2) is 133 Å². The van der Waals surface area contributed by atoms with Gasteiger partial charge < -0.3 is 23.7 Å². The Labute approximate surface area is 258 Å². The maximum absolute atomic E-state index is 6.59. The lowest BCUT2D eigenvalue weighted by molar-refractivity contribution is 0.276. The molecule has 0 atom stereocenters. The Morgan fingerprint density at radius 2 is 0.886 bits per heavy atom. The zero-order chi connectivity index (χ0) is 30.1. The molecule has 0 bridgehead atoms. The van der Waals surface area contributed by atoms with E-state index in [-0.39, 0.29) is 0 Å². The van der Waals surface area contributed by atoms with Crippen LogP contribution in [0.5, 0.6) is 28.7 Å². The number of benzene rings is 6. The molecule has 0 saturated carbocycles. The predicted octanol–water partition coefficient (Wildman–Crippen LogP) is 9.26. The molecule has 0 unspecified atom stereocenters. The van der Waals surface area contributed by atoms with E-state index in [4.69, 9.17) is 23.7 Å². The summed E-state index contributed by atoms with van der Waals surface area (Å²) in [6.07, 6.45) is 0. The lowest BCUT2D eigenvalue weighted by Crippen LogP contribution is -2.04. The summed E-state index contributed by atoms with van der Waals surface area (Å²) in [5.74, 6) is 3.28. The van der Waals surface area contributed by atoms with E-state index in [1.54, 1.807) is 14.2 Å². The predicted molar refractivity (Wildman–Crippen MR) is 175 cm³/mol. The molecule has 0 aliphatic carbocycles. The fourth-order valence-corrected chi connectivity index (χ4v) is 5.24. The first-order valence-corrected chi connectivity index (χ1v) is 14.6. The van der Waals surface area contributed by atoms with E-state index in [1.807, 2.05) is 133 Å². The Morgan fingerprint density at radius 3 is 1.36 bits per heavy atom. The minimum atomic E-state index is 0.362. The van der Waals surface area contributed by atoms with Crippen LogP contribution in [0.4, 0.5) is 0 Å². The molecule has 0 N–H and O–H groups in total. The van der Waals surface area contributed by atoms with E-state index >= 15 is 0 Å². The third kappa shape index (κ3) is 6.47. The normalized spacial score (nSPS) is 10.8. The van der Waals surface area contributed by atoms with Crippen LogP contribution in [0, 0.1) is 0 Å². The molecule has 220 valence electrons. The van der Waals surface area contributed by atoms with Crippen LogP contribution in [-0.2, 0) is 19.8 Å². The van der Waals surface area contributed by atoms with Gasteiger partial charge in [-0.15, -0.1) is 0 Å². The van der Waals surface area contributed by atoms with Crippen LogP contribution < -0.4 is 23.7 Å². The largest absolute Gasteiger partial charge is 0.496 e. The molecule has 0 aromatic heterocycles. The molecular weight excluding hydrogens is 548 g/mol. The highest BCUT2D eigenvalue weighted by Crippen LogP contribution is 2.50. The van der Waals surface area contributed by atoms with Gasteiger partial charge in [0.15, 0.2) is 0 Å². The molecule has 0 heterocycles. The third-order valence-electron chi connectivity index (χ3n) is 7.41. The molecule has 0 aliphatic heterocycles. The molecule has 0 radical (unpaired) electrons. The van der Waals surface area contributed by atoms with Crippen LogP contribution in [0.25, 0.3) is 21.9 Å². The second kappa shape index (κ2) is 13.7. The first kappa shape index (κ1) is 28.7. The highest BCUT2D eigenvalue weighted by molar-refractivity contribution is 6.01. The average Bonchev–Trinajstić information content (AvgIpc) is 3.09. The molecule has 6 aromatic carbocycles. The lowest BCUT2D eigenvalue weighted by Gasteiger charge is -2.22. The SMILES string of the molecule is COc1cc(-c2c(OCc3ccccc3)cc(OCc3ccccc3)cc2OCc2ccccc2)c(OC)c2ccccc12. The Hall–Kier alpha value is -5.42. The van der Waals surface area contributed by atoms with Gasteiger partial charge in [0.1, 0.15) is 48.6 Å². The topological polar surface area (TPSA) is 46.2 Å². The van der Waals surface area contributed by atoms with Gasteiger partial charge in [0.25, 0.3) is 0 Å². The molecule has 6 rings (SSSR count). The summed E-state index contributed by atoms with van der Waals surface area (Å²) in [6, 6.07) is 44.2. The van der Waals surface area contributed by atoms with Gasteiger partial charge in [-0.2, -0.15) is 0 Å². The van der Waals surface area contributed by atoms with Gasteiger partial charge in [0.05, 0.1) is 19.8 Å². The van der Waals surface area contributed by atoms with Crippen molar-refractivity contribution in [1.29, 1.82) is 0 Å². The van der Waals surface area contributed by atoms with Crippen molar-refractivity contribution < 1.29 is 23.7 Å². The molecule has 0 spiro atoms. The van der Waals surface area contributed by atoms with Gasteiger partial charge >= 0.3 is 0 Å². The third-order valence-corrected chi connectivity index (χ3v) is 7.41. The van der Waals surface area contributed by atoms with E-state index in [0.29, 0.717) is 42.8 Å². The Balaban J connectivity index is 1.52. The summed E-state index contributed by atoms with van der Waals surface area (Å²) in [5.41, 5.74) is 4.71. The highest BCUT2D eigenvalue weighted by atomic mass is 16.5. The van der Waals surface area contributed by atoms with Crippen molar-refractivity contribution in [2.24, 2.45) is 0 Å². The molecule has 6 aromatic rings. The maximum Gasteiger partial charge on any atom is 0.135 e. The summed E-state index contributed by atoms with van der Waals surface area (Å²) in [5, 5.41) is 1.88. The minimum absolute atomic E-state index is 0.362. The van der Waals surface area contributed by atoms with Crippen LogP contribution in [0.3, 0.4) is 0 Å². The van der Waals surface area contributed by atoms with Gasteiger partial charge in [-0.1, -0.05) is 115 Å². The van der Waals surface area contributed by atoms with Crippen molar-refractivity contribution in [2.75, 3.05) is 14.2 Å². The quantitative estimate of drug-likeness (QED) is 0.144. The second-order valence-electron chi connectivity index (χ2n) is 10.3. The van der Waals surface area contributed by atoms with E-state index < -0.39 is 0 Å². The average molecular weight is 583 g/mol. The van der Waals surface area contributed by atoms with Crippen molar-refractivity contribution in [3.8, 4) is 39.9 Å². The van der Waals surface area contributed by atoms with Crippen molar-refractivity contribution in [1.82, 2.24) is 0 Å². The molecule has 0 fully saturated rings. The molecule has 5 nitrogen and oxygen atoms in total. The summed E-state index contributed by atoms with van der Waals surface area (Å²) in [6.45, 7) is 1.13. The molecular formula is C39H34O5. The first-order chi connectivity index (χ1) is 21.7. The van der Waals surface area contributed by atoms with Gasteiger partial charge in [0.2, 0.25) is 0 Å². The molecule has 0 aliphatic rings. The highest BCUT2D eigenvalue weighted by Gasteiger charge is 2.24. The maximum atomic E-state index is 6.59. The van der Waals surface area contributed by atoms with E-state index in [9.17, 15) is 0 Å². The van der Waals surface area contributed by atoms with Gasteiger partial charge in [-0.25, -0.2) is 0 Å². The zero-order valence-corrected chi connectivity index (χ0v) is 24.9. The monoisotopic (exact) mass is 582 g/mol. The van der Waals surface area contributed by atoms with Crippen LogP contribution >= 0.6 is 0 Å². The van der Waals surface area contributed by atoms with Crippen molar-refractivity contribution in [3.05, 3.63) is 150 Å². The summed E-state index contributed by atoms with van der Waals surface area (Å²) < 4.78 is 31.5. The second-order valence-corrected chi connectivity index (χ2v) is 10.3. The fourth-order valence-electron chi connectivity index (χ4n) is 5.24. The summed E-state index contributed by atoms with van der Waals surface area (Å²) >= 11 is 0. The summed E-state index contributed by atoms with van der Waals surface area (Å²) in [4.78, 5) is 0.